The molecule has 8 atom stereocenters. The first kappa shape index (κ1) is 69.6. The van der Waals surface area contributed by atoms with E-state index in [2.05, 4.69) is 23.9 Å². The number of amides is 2. The van der Waals surface area contributed by atoms with Gasteiger partial charge in [-0.3, -0.25) is 9.59 Å². The number of rotatable bonds is 51. The van der Waals surface area contributed by atoms with Crippen LogP contribution in [0.25, 0.3) is 10.4 Å². The Morgan fingerprint density at radius 3 is 1.39 bits per heavy atom. The summed E-state index contributed by atoms with van der Waals surface area (Å²) in [6.45, 7) is 3.17. The van der Waals surface area contributed by atoms with Gasteiger partial charge in [0.1, 0.15) is 30.5 Å². The lowest BCUT2D eigenvalue weighted by atomic mass is 9.80. The van der Waals surface area contributed by atoms with E-state index < -0.39 is 79.5 Å². The van der Waals surface area contributed by atoms with Crippen LogP contribution in [0.2, 0.25) is 0 Å². The summed E-state index contributed by atoms with van der Waals surface area (Å²) in [5.74, 6) is -1.42. The first-order valence-corrected chi connectivity index (χ1v) is 30.2. The minimum absolute atomic E-state index is 0.0390. The fraction of sp³-hybridized carbons (Fsp3) is 0.948. The average molecular weight is 1060 g/mol. The SMILES string of the molecule is CCCCCCCCCCCCCCCCCCCCCCCCCC(=O)[C@@](O)(CCCCCCCCCCCCCC)[C@@H](O)[C@H](CO[C@H]1O[C@H](CO)[C@H](O)[C@H](O)[C@H]1O)N(C(=O)CCCCCN=[N+]=[N-])C(=O)OC. The highest BCUT2D eigenvalue weighted by Crippen LogP contribution is 2.31. The van der Waals surface area contributed by atoms with Crippen molar-refractivity contribution in [1.29, 1.82) is 0 Å². The van der Waals surface area contributed by atoms with Gasteiger partial charge in [0.15, 0.2) is 17.7 Å². The number of ether oxygens (including phenoxy) is 3. The summed E-state index contributed by atoms with van der Waals surface area (Å²) in [5, 5.41) is 69.8. The van der Waals surface area contributed by atoms with Crippen LogP contribution in [0.3, 0.4) is 0 Å². The Bertz CT molecular complexity index is 1420. The molecular formula is C58H110N4O12. The lowest BCUT2D eigenvalue weighted by Gasteiger charge is -2.43. The Hall–Kier alpha value is -2.40. The number of ketones is 1. The second kappa shape index (κ2) is 46.7. The summed E-state index contributed by atoms with van der Waals surface area (Å²) in [4.78, 5) is 45.2. The number of hydrogen-bond acceptors (Lipinski definition) is 13. The number of imide groups is 1. The summed E-state index contributed by atoms with van der Waals surface area (Å²) < 4.78 is 16.4. The molecular weight excluding hydrogens is 945 g/mol. The van der Waals surface area contributed by atoms with Gasteiger partial charge >= 0.3 is 6.09 Å². The second-order valence-corrected chi connectivity index (χ2v) is 21.6. The zero-order valence-electron chi connectivity index (χ0n) is 47.1. The summed E-state index contributed by atoms with van der Waals surface area (Å²) in [6, 6.07) is -1.74. The van der Waals surface area contributed by atoms with E-state index in [4.69, 9.17) is 19.7 Å². The molecule has 0 bridgehead atoms. The molecule has 1 saturated heterocycles. The van der Waals surface area contributed by atoms with E-state index in [-0.39, 0.29) is 32.2 Å². The summed E-state index contributed by atoms with van der Waals surface area (Å²) in [5.41, 5.74) is 6.22. The van der Waals surface area contributed by atoms with Crippen LogP contribution >= 0.6 is 0 Å². The van der Waals surface area contributed by atoms with E-state index >= 15 is 0 Å². The van der Waals surface area contributed by atoms with E-state index in [0.29, 0.717) is 37.0 Å². The van der Waals surface area contributed by atoms with Crippen molar-refractivity contribution in [1.82, 2.24) is 4.90 Å². The van der Waals surface area contributed by atoms with Gasteiger partial charge in [-0.2, -0.15) is 0 Å². The van der Waals surface area contributed by atoms with Crippen molar-refractivity contribution in [3.8, 4) is 0 Å². The van der Waals surface area contributed by atoms with Gasteiger partial charge in [0, 0.05) is 24.3 Å². The summed E-state index contributed by atoms with van der Waals surface area (Å²) in [7, 11) is 1.05. The molecule has 16 nitrogen and oxygen atoms in total. The third kappa shape index (κ3) is 31.1. The van der Waals surface area contributed by atoms with E-state index in [1.165, 1.54) is 154 Å². The van der Waals surface area contributed by atoms with Gasteiger partial charge in [-0.1, -0.05) is 244 Å². The largest absolute Gasteiger partial charge is 0.452 e. The van der Waals surface area contributed by atoms with Crippen LogP contribution in [0.5, 0.6) is 0 Å². The molecule has 434 valence electrons. The van der Waals surface area contributed by atoms with E-state index in [9.17, 15) is 45.0 Å². The number of methoxy groups -OCH3 is 1. The third-order valence-electron chi connectivity index (χ3n) is 15.2. The number of aliphatic hydroxyl groups excluding tert-OH is 5. The van der Waals surface area contributed by atoms with Crippen LogP contribution in [-0.4, -0.2) is 129 Å². The predicted molar refractivity (Wildman–Crippen MR) is 293 cm³/mol. The second-order valence-electron chi connectivity index (χ2n) is 21.6. The fourth-order valence-corrected chi connectivity index (χ4v) is 10.3. The van der Waals surface area contributed by atoms with Gasteiger partial charge in [-0.25, -0.2) is 9.69 Å². The van der Waals surface area contributed by atoms with Gasteiger partial charge in [0.2, 0.25) is 5.91 Å². The van der Waals surface area contributed by atoms with Gasteiger partial charge in [0.05, 0.1) is 26.4 Å². The van der Waals surface area contributed by atoms with E-state index in [0.717, 1.165) is 58.5 Å². The number of aliphatic hydroxyl groups is 6. The molecule has 1 heterocycles. The van der Waals surface area contributed by atoms with Crippen molar-refractivity contribution in [2.24, 2.45) is 5.11 Å². The Morgan fingerprint density at radius 2 is 0.986 bits per heavy atom. The van der Waals surface area contributed by atoms with Gasteiger partial charge < -0.3 is 44.8 Å². The van der Waals surface area contributed by atoms with Crippen LogP contribution < -0.4 is 0 Å². The number of carbonyl (C=O) groups excluding carboxylic acids is 3. The first-order chi connectivity index (χ1) is 35.9. The molecule has 0 radical (unpaired) electrons. The first-order valence-electron chi connectivity index (χ1n) is 30.2. The number of carbonyl (C=O) groups is 3. The molecule has 1 rings (SSSR count). The Balaban J connectivity index is 2.94. The van der Waals surface area contributed by atoms with Gasteiger partial charge in [-0.05, 0) is 31.2 Å². The molecule has 0 saturated carbocycles. The molecule has 0 aliphatic carbocycles. The quantitative estimate of drug-likeness (QED) is 0.0144. The van der Waals surface area contributed by atoms with E-state index in [1.54, 1.807) is 0 Å². The maximum atomic E-state index is 14.3. The van der Waals surface area contributed by atoms with Crippen molar-refractivity contribution >= 4 is 17.8 Å². The maximum Gasteiger partial charge on any atom is 0.416 e. The van der Waals surface area contributed by atoms with Crippen molar-refractivity contribution in [2.45, 2.75) is 326 Å². The Labute approximate surface area is 448 Å². The maximum absolute atomic E-state index is 14.3. The van der Waals surface area contributed by atoms with Crippen LogP contribution in [0.15, 0.2) is 5.11 Å². The molecule has 16 heteroatoms. The highest BCUT2D eigenvalue weighted by molar-refractivity contribution is 5.93. The number of unbranched alkanes of at least 4 members (excludes halogenated alkanes) is 35. The molecule has 1 fully saturated rings. The van der Waals surface area contributed by atoms with Crippen LogP contribution in [0, 0.1) is 0 Å². The molecule has 0 aromatic rings. The Kier molecular flexibility index (Phi) is 43.9. The molecule has 0 spiro atoms. The van der Waals surface area contributed by atoms with Crippen molar-refractivity contribution in [3.05, 3.63) is 10.4 Å². The number of hydrogen-bond donors (Lipinski definition) is 6. The van der Waals surface area contributed by atoms with Crippen LogP contribution in [-0.2, 0) is 23.8 Å². The smallest absolute Gasteiger partial charge is 0.416 e. The summed E-state index contributed by atoms with van der Waals surface area (Å²) in [6.07, 6.45) is 30.3. The molecule has 2 amide bonds. The fourth-order valence-electron chi connectivity index (χ4n) is 10.3. The average Bonchev–Trinajstić information content (AvgIpc) is 3.40. The molecule has 0 aromatic carbocycles. The predicted octanol–water partition coefficient (Wildman–Crippen LogP) is 12.8. The summed E-state index contributed by atoms with van der Waals surface area (Å²) >= 11 is 0. The molecule has 1 aliphatic heterocycles. The minimum atomic E-state index is -2.42. The minimum Gasteiger partial charge on any atom is -0.452 e. The highest BCUT2D eigenvalue weighted by atomic mass is 16.7. The zero-order valence-corrected chi connectivity index (χ0v) is 47.1. The number of azide groups is 1. The van der Waals surface area contributed by atoms with Crippen molar-refractivity contribution in [3.63, 3.8) is 0 Å². The van der Waals surface area contributed by atoms with Gasteiger partial charge in [0.25, 0.3) is 0 Å². The topological polar surface area (TPSA) is 252 Å². The molecule has 74 heavy (non-hydrogen) atoms. The number of Topliss-reactive ketones (excluding diaryl/α,β-unsaturated/α-hetero) is 1. The van der Waals surface area contributed by atoms with Crippen LogP contribution in [0.4, 0.5) is 4.79 Å². The lowest BCUT2D eigenvalue weighted by Crippen LogP contribution is -2.64. The normalized spacial score (nSPS) is 19.4. The van der Waals surface area contributed by atoms with E-state index in [1.807, 2.05) is 0 Å². The monoisotopic (exact) mass is 1050 g/mol. The molecule has 0 unspecified atom stereocenters. The van der Waals surface area contributed by atoms with Gasteiger partial charge in [-0.15, -0.1) is 0 Å². The number of nitrogens with zero attached hydrogens (tertiary/aromatic N) is 4. The van der Waals surface area contributed by atoms with Crippen molar-refractivity contribution < 1.29 is 59.2 Å². The molecule has 0 aromatic heterocycles. The standard InChI is InChI=1S/C58H110N4O12/c1-4-6-8-10-12-14-16-18-19-20-21-22-23-24-25-26-27-28-29-31-33-35-38-42-50(64)58(71,44-40-36-34-32-30-17-15-13-11-9-7-5-2)55(69)48(47-73-56-54(68)53(67)52(66)49(46-63)74-56)62(57(70)72-3)51(65)43-39-37-41-45-60-61-59/h48-49,52-56,63,66-69,71H,4-47H2,1-3H3/t48-,49+,52-,53-,54+,55-,56-,58-/m0/s1. The lowest BCUT2D eigenvalue weighted by molar-refractivity contribution is -0.304. The van der Waals surface area contributed by atoms with Crippen molar-refractivity contribution in [2.75, 3.05) is 26.9 Å². The zero-order chi connectivity index (χ0) is 54.5. The van der Waals surface area contributed by atoms with Crippen LogP contribution in [0.1, 0.15) is 277 Å². The molecule has 6 N–H and O–H groups in total. The Morgan fingerprint density at radius 1 is 0.595 bits per heavy atom. The third-order valence-corrected chi connectivity index (χ3v) is 15.2. The highest BCUT2D eigenvalue weighted by Gasteiger charge is 2.51. The molecule has 1 aliphatic rings.